The van der Waals surface area contributed by atoms with E-state index in [4.69, 9.17) is 5.11 Å². The van der Waals surface area contributed by atoms with Gasteiger partial charge in [0.25, 0.3) is 0 Å². The average molecular weight is 262 g/mol. The molecule has 0 aliphatic heterocycles. The van der Waals surface area contributed by atoms with Crippen molar-refractivity contribution >= 4 is 33.3 Å². The molecule has 0 aliphatic rings. The van der Waals surface area contributed by atoms with Crippen LogP contribution in [0.15, 0.2) is 24.4 Å². The second kappa shape index (κ2) is 4.08. The molecule has 92 valence electrons. The minimum absolute atomic E-state index is 0.0167. The number of carbonyl (C=O) groups is 1. The number of benzene rings is 1. The van der Waals surface area contributed by atoms with Crippen molar-refractivity contribution in [1.29, 1.82) is 0 Å². The Labute approximate surface area is 106 Å². The van der Waals surface area contributed by atoms with Crippen LogP contribution in [0.3, 0.4) is 0 Å². The van der Waals surface area contributed by atoms with Crippen LogP contribution in [0.25, 0.3) is 16.0 Å². The van der Waals surface area contributed by atoms with Gasteiger partial charge in [-0.1, -0.05) is 17.4 Å². The molecule has 3 rings (SSSR count). The minimum atomic E-state index is -0.364. The summed E-state index contributed by atoms with van der Waals surface area (Å²) in [7, 11) is 1.35. The molecule has 1 aromatic carbocycles. The van der Waals surface area contributed by atoms with E-state index in [1.165, 1.54) is 18.4 Å². The third-order valence-electron chi connectivity index (χ3n) is 2.74. The fourth-order valence-corrected chi connectivity index (χ4v) is 2.76. The molecule has 2 heterocycles. The van der Waals surface area contributed by atoms with Crippen LogP contribution < -0.4 is 0 Å². The monoisotopic (exact) mass is 262 g/mol. The van der Waals surface area contributed by atoms with Crippen molar-refractivity contribution in [3.8, 4) is 0 Å². The number of ether oxygens (including phenoxy) is 1. The van der Waals surface area contributed by atoms with E-state index in [1.54, 1.807) is 6.20 Å². The molecular formula is C12H10N2O3S. The lowest BCUT2D eigenvalue weighted by Gasteiger charge is -1.96. The van der Waals surface area contributed by atoms with Crippen LogP contribution >= 0.6 is 11.3 Å². The molecule has 0 saturated carbocycles. The van der Waals surface area contributed by atoms with E-state index in [9.17, 15) is 4.79 Å². The minimum Gasteiger partial charge on any atom is -0.465 e. The highest BCUT2D eigenvalue weighted by atomic mass is 32.1. The third-order valence-corrected chi connectivity index (χ3v) is 3.70. The van der Waals surface area contributed by atoms with Crippen molar-refractivity contribution in [2.75, 3.05) is 7.11 Å². The first-order chi connectivity index (χ1) is 8.72. The molecule has 0 unspecified atom stereocenters. The quantitative estimate of drug-likeness (QED) is 0.716. The molecule has 0 amide bonds. The van der Waals surface area contributed by atoms with Crippen LogP contribution in [-0.4, -0.2) is 27.6 Å². The molecule has 0 saturated heterocycles. The molecule has 5 nitrogen and oxygen atoms in total. The van der Waals surface area contributed by atoms with Crippen LogP contribution in [0.2, 0.25) is 0 Å². The first-order valence-corrected chi connectivity index (χ1v) is 6.14. The number of methoxy groups -OCH3 is 1. The molecule has 0 atom stereocenters. The number of rotatable bonds is 2. The Hall–Kier alpha value is -1.92. The van der Waals surface area contributed by atoms with Gasteiger partial charge in [-0.25, -0.2) is 9.78 Å². The van der Waals surface area contributed by atoms with Crippen LogP contribution in [0.4, 0.5) is 0 Å². The van der Waals surface area contributed by atoms with Gasteiger partial charge in [0, 0.05) is 6.20 Å². The molecule has 0 spiro atoms. The number of nitrogens with zero attached hydrogens (tertiary/aromatic N) is 2. The fraction of sp³-hybridized carbons (Fsp3) is 0.167. The Morgan fingerprint density at radius 3 is 3.11 bits per heavy atom. The zero-order chi connectivity index (χ0) is 12.7. The number of fused-ring (bicyclic) bond motifs is 3. The number of hydrogen-bond donors (Lipinski definition) is 1. The standard InChI is InChI=1S/C12H10N2O3S/c1-17-11(16)10-5-14-9-4-7(6-15)2-3-8(9)13-12(14)18-10/h2-5,15H,6H2,1H3. The van der Waals surface area contributed by atoms with E-state index < -0.39 is 0 Å². The van der Waals surface area contributed by atoms with Gasteiger partial charge in [-0.2, -0.15) is 0 Å². The zero-order valence-corrected chi connectivity index (χ0v) is 10.4. The maximum absolute atomic E-state index is 11.4. The smallest absolute Gasteiger partial charge is 0.349 e. The van der Waals surface area contributed by atoms with Crippen LogP contribution in [0, 0.1) is 0 Å². The summed E-state index contributed by atoms with van der Waals surface area (Å²) in [6.07, 6.45) is 1.71. The third kappa shape index (κ3) is 1.58. The summed E-state index contributed by atoms with van der Waals surface area (Å²) in [6.45, 7) is -0.0167. The van der Waals surface area contributed by atoms with Gasteiger partial charge in [0.05, 0.1) is 24.8 Å². The molecule has 6 heteroatoms. The molecule has 0 fully saturated rings. The maximum atomic E-state index is 11.4. The van der Waals surface area contributed by atoms with Crippen molar-refractivity contribution in [1.82, 2.24) is 9.38 Å². The number of esters is 1. The topological polar surface area (TPSA) is 63.8 Å². The largest absolute Gasteiger partial charge is 0.465 e. The number of carbonyl (C=O) groups excluding carboxylic acids is 1. The van der Waals surface area contributed by atoms with E-state index in [0.717, 1.165) is 21.6 Å². The van der Waals surface area contributed by atoms with Crippen molar-refractivity contribution in [2.45, 2.75) is 6.61 Å². The Morgan fingerprint density at radius 1 is 1.56 bits per heavy atom. The Bertz CT molecular complexity index is 744. The van der Waals surface area contributed by atoms with Gasteiger partial charge in [0.15, 0.2) is 4.96 Å². The summed E-state index contributed by atoms with van der Waals surface area (Å²) >= 11 is 1.28. The van der Waals surface area contributed by atoms with Crippen molar-refractivity contribution in [3.05, 3.63) is 34.8 Å². The number of aliphatic hydroxyl groups is 1. The molecule has 1 N–H and O–H groups in total. The summed E-state index contributed by atoms with van der Waals surface area (Å²) in [4.78, 5) is 17.1. The molecule has 0 bridgehead atoms. The summed E-state index contributed by atoms with van der Waals surface area (Å²) in [5, 5.41) is 9.14. The SMILES string of the molecule is COC(=O)c1cn2c(nc3ccc(CO)cc32)s1. The van der Waals surface area contributed by atoms with Gasteiger partial charge in [-0.15, -0.1) is 0 Å². The number of imidazole rings is 1. The molecule has 3 aromatic rings. The first-order valence-electron chi connectivity index (χ1n) is 5.32. The highest BCUT2D eigenvalue weighted by molar-refractivity contribution is 7.18. The van der Waals surface area contributed by atoms with E-state index in [2.05, 4.69) is 9.72 Å². The number of aliphatic hydroxyl groups excluding tert-OH is 1. The second-order valence-corrected chi connectivity index (χ2v) is 4.84. The highest BCUT2D eigenvalue weighted by Gasteiger charge is 2.14. The van der Waals surface area contributed by atoms with Crippen molar-refractivity contribution < 1.29 is 14.6 Å². The summed E-state index contributed by atoms with van der Waals surface area (Å²) < 4.78 is 6.52. The van der Waals surface area contributed by atoms with E-state index >= 15 is 0 Å². The van der Waals surface area contributed by atoms with Crippen molar-refractivity contribution in [2.24, 2.45) is 0 Å². The fourth-order valence-electron chi connectivity index (χ4n) is 1.85. The molecule has 2 aromatic heterocycles. The Kier molecular flexibility index (Phi) is 2.53. The van der Waals surface area contributed by atoms with E-state index in [0.29, 0.717) is 4.88 Å². The highest BCUT2D eigenvalue weighted by Crippen LogP contribution is 2.25. The lowest BCUT2D eigenvalue weighted by Crippen LogP contribution is -1.97. The van der Waals surface area contributed by atoms with Crippen molar-refractivity contribution in [3.63, 3.8) is 0 Å². The predicted molar refractivity (Wildman–Crippen MR) is 67.8 cm³/mol. The van der Waals surface area contributed by atoms with Gasteiger partial charge in [-0.3, -0.25) is 4.40 Å². The maximum Gasteiger partial charge on any atom is 0.349 e. The normalized spacial score (nSPS) is 11.2. The van der Waals surface area contributed by atoms with Gasteiger partial charge >= 0.3 is 5.97 Å². The average Bonchev–Trinajstić information content (AvgIpc) is 2.94. The lowest BCUT2D eigenvalue weighted by atomic mass is 10.2. The second-order valence-electron chi connectivity index (χ2n) is 3.83. The zero-order valence-electron chi connectivity index (χ0n) is 9.58. The van der Waals surface area contributed by atoms with Gasteiger partial charge in [0.2, 0.25) is 0 Å². The lowest BCUT2D eigenvalue weighted by molar-refractivity contribution is 0.0606. The molecule has 18 heavy (non-hydrogen) atoms. The predicted octanol–water partition coefficient (Wildman–Crippen LogP) is 1.83. The molecular weight excluding hydrogens is 252 g/mol. The summed E-state index contributed by atoms with van der Waals surface area (Å²) in [5.74, 6) is -0.364. The summed E-state index contributed by atoms with van der Waals surface area (Å²) in [6, 6.07) is 5.56. The number of hydrogen-bond acceptors (Lipinski definition) is 5. The Balaban J connectivity index is 2.25. The van der Waals surface area contributed by atoms with Crippen LogP contribution in [0.5, 0.6) is 0 Å². The first kappa shape index (κ1) is 11.2. The Morgan fingerprint density at radius 2 is 2.39 bits per heavy atom. The molecule has 0 aliphatic carbocycles. The van der Waals surface area contributed by atoms with Crippen LogP contribution in [0.1, 0.15) is 15.2 Å². The van der Waals surface area contributed by atoms with E-state index in [1.807, 2.05) is 22.6 Å². The number of aromatic nitrogens is 2. The number of thiazole rings is 1. The van der Waals surface area contributed by atoms with Gasteiger partial charge in [-0.05, 0) is 17.7 Å². The summed E-state index contributed by atoms with van der Waals surface area (Å²) in [5.41, 5.74) is 2.54. The molecule has 0 radical (unpaired) electrons. The van der Waals surface area contributed by atoms with Crippen LogP contribution in [-0.2, 0) is 11.3 Å². The van der Waals surface area contributed by atoms with E-state index in [-0.39, 0.29) is 12.6 Å². The van der Waals surface area contributed by atoms with Gasteiger partial charge in [0.1, 0.15) is 4.88 Å². The van der Waals surface area contributed by atoms with Gasteiger partial charge < -0.3 is 9.84 Å².